The van der Waals surface area contributed by atoms with Crippen LogP contribution in [0.1, 0.15) is 39.0 Å². The first-order valence-electron chi connectivity index (χ1n) is 7.89. The molecule has 0 bridgehead atoms. The Kier molecular flexibility index (Phi) is 10.4. The second-order valence-electron chi connectivity index (χ2n) is 5.97. The minimum atomic E-state index is -1.21. The molecule has 0 aliphatic heterocycles. The van der Waals surface area contributed by atoms with Crippen molar-refractivity contribution in [3.05, 3.63) is 0 Å². The van der Waals surface area contributed by atoms with Crippen LogP contribution in [-0.4, -0.2) is 66.4 Å². The van der Waals surface area contributed by atoms with E-state index >= 15 is 0 Å². The highest BCUT2D eigenvalue weighted by molar-refractivity contribution is 5.93. The van der Waals surface area contributed by atoms with Crippen molar-refractivity contribution in [2.75, 3.05) is 20.6 Å². The van der Waals surface area contributed by atoms with Crippen LogP contribution in [0.3, 0.4) is 0 Å². The minimum absolute atomic E-state index is 0.227. The molecule has 2 atom stereocenters. The molecule has 0 rings (SSSR count). The van der Waals surface area contributed by atoms with E-state index in [9.17, 15) is 19.2 Å². The Balaban J connectivity index is 4.40. The number of primary amides is 1. The normalized spacial score (nSPS) is 13.2. The van der Waals surface area contributed by atoms with E-state index in [4.69, 9.17) is 10.8 Å². The van der Waals surface area contributed by atoms with Crippen LogP contribution in [0.4, 0.5) is 0 Å². The Bertz CT molecular complexity index is 453. The number of carbonyl (C=O) groups excluding carboxylic acids is 3. The molecule has 0 saturated heterocycles. The Labute approximate surface area is 141 Å². The fraction of sp³-hybridized carbons (Fsp3) is 0.733. The number of rotatable bonds is 12. The maximum absolute atomic E-state index is 12.0. The van der Waals surface area contributed by atoms with Gasteiger partial charge in [0.2, 0.25) is 17.7 Å². The topological polar surface area (TPSA) is 142 Å². The molecule has 0 fully saturated rings. The van der Waals surface area contributed by atoms with Gasteiger partial charge < -0.3 is 26.4 Å². The highest BCUT2D eigenvalue weighted by Crippen LogP contribution is 2.02. The summed E-state index contributed by atoms with van der Waals surface area (Å²) in [5.41, 5.74) is 5.07. The molecule has 0 radical (unpaired) electrons. The molecule has 0 aliphatic rings. The lowest BCUT2D eigenvalue weighted by atomic mass is 10.1. The third-order valence-electron chi connectivity index (χ3n) is 3.30. The monoisotopic (exact) mass is 344 g/mol. The number of nitrogens with two attached hydrogens (primary N) is 1. The molecule has 24 heavy (non-hydrogen) atoms. The van der Waals surface area contributed by atoms with E-state index < -0.39 is 29.9 Å². The van der Waals surface area contributed by atoms with E-state index in [1.165, 1.54) is 6.92 Å². The van der Waals surface area contributed by atoms with Crippen molar-refractivity contribution in [1.29, 1.82) is 0 Å². The number of amides is 3. The number of carboxylic acids is 1. The van der Waals surface area contributed by atoms with Crippen LogP contribution in [0.5, 0.6) is 0 Å². The lowest BCUT2D eigenvalue weighted by Gasteiger charge is -2.19. The fourth-order valence-electron chi connectivity index (χ4n) is 1.94. The van der Waals surface area contributed by atoms with E-state index in [0.717, 1.165) is 19.4 Å². The summed E-state index contributed by atoms with van der Waals surface area (Å²) >= 11 is 0. The van der Waals surface area contributed by atoms with Crippen LogP contribution in [0.2, 0.25) is 0 Å². The van der Waals surface area contributed by atoms with Crippen LogP contribution in [0.15, 0.2) is 0 Å². The van der Waals surface area contributed by atoms with Crippen molar-refractivity contribution < 1.29 is 24.3 Å². The Morgan fingerprint density at radius 3 is 2.21 bits per heavy atom. The van der Waals surface area contributed by atoms with E-state index in [0.29, 0.717) is 6.42 Å². The first-order chi connectivity index (χ1) is 11.1. The van der Waals surface area contributed by atoms with Crippen molar-refractivity contribution in [3.8, 4) is 0 Å². The first-order valence-corrected chi connectivity index (χ1v) is 7.89. The summed E-state index contributed by atoms with van der Waals surface area (Å²) < 4.78 is 0. The molecule has 3 amide bonds. The molecule has 0 aromatic carbocycles. The summed E-state index contributed by atoms with van der Waals surface area (Å²) in [5, 5.41) is 13.4. The van der Waals surface area contributed by atoms with Gasteiger partial charge in [0.25, 0.3) is 0 Å². The maximum atomic E-state index is 12.0. The first kappa shape index (κ1) is 21.8. The van der Waals surface area contributed by atoms with Gasteiger partial charge in [0.15, 0.2) is 0 Å². The zero-order valence-corrected chi connectivity index (χ0v) is 14.5. The maximum Gasteiger partial charge on any atom is 0.325 e. The molecular formula is C15H28N4O5. The number of hydrogen-bond acceptors (Lipinski definition) is 5. The molecule has 9 nitrogen and oxygen atoms in total. The van der Waals surface area contributed by atoms with Gasteiger partial charge in [-0.1, -0.05) is 6.42 Å². The van der Waals surface area contributed by atoms with Crippen LogP contribution in [0, 0.1) is 0 Å². The largest absolute Gasteiger partial charge is 0.480 e. The van der Waals surface area contributed by atoms with E-state index in [1.807, 2.05) is 14.1 Å². The lowest BCUT2D eigenvalue weighted by Crippen LogP contribution is -2.52. The van der Waals surface area contributed by atoms with Crippen LogP contribution in [-0.2, 0) is 19.2 Å². The third-order valence-corrected chi connectivity index (χ3v) is 3.30. The van der Waals surface area contributed by atoms with Crippen molar-refractivity contribution in [3.63, 3.8) is 0 Å². The van der Waals surface area contributed by atoms with Crippen LogP contribution in [0.25, 0.3) is 0 Å². The molecule has 2 unspecified atom stereocenters. The average molecular weight is 344 g/mol. The summed E-state index contributed by atoms with van der Waals surface area (Å²) in [4.78, 5) is 47.7. The van der Waals surface area contributed by atoms with E-state index in [-0.39, 0.29) is 18.7 Å². The summed E-state index contributed by atoms with van der Waals surface area (Å²) in [6.07, 6.45) is 2.33. The van der Waals surface area contributed by atoms with Crippen molar-refractivity contribution in [2.45, 2.75) is 51.1 Å². The highest BCUT2D eigenvalue weighted by Gasteiger charge is 2.25. The van der Waals surface area contributed by atoms with Gasteiger partial charge in [0.05, 0.1) is 6.42 Å². The Morgan fingerprint density at radius 1 is 1.08 bits per heavy atom. The minimum Gasteiger partial charge on any atom is -0.480 e. The number of nitrogens with zero attached hydrogens (tertiary/aromatic N) is 1. The molecule has 0 saturated carbocycles. The zero-order chi connectivity index (χ0) is 18.7. The second-order valence-corrected chi connectivity index (χ2v) is 5.97. The number of carboxylic acid groups (broad SMARTS) is 1. The molecule has 0 aliphatic carbocycles. The van der Waals surface area contributed by atoms with Gasteiger partial charge >= 0.3 is 5.97 Å². The van der Waals surface area contributed by atoms with Crippen molar-refractivity contribution >= 4 is 23.7 Å². The molecule has 5 N–H and O–H groups in total. The quantitative estimate of drug-likeness (QED) is 0.337. The SMILES string of the molecule is CC(NC(=O)C(CC(N)=O)NC(=O)CCCCCN(C)C)C(=O)O. The lowest BCUT2D eigenvalue weighted by molar-refractivity contribution is -0.141. The number of aliphatic carboxylic acids is 1. The molecule has 0 aromatic heterocycles. The standard InChI is InChI=1S/C15H28N4O5/c1-10(15(23)24)17-14(22)11(9-12(16)20)18-13(21)7-5-4-6-8-19(2)3/h10-11H,4-9H2,1-3H3,(H2,16,20)(H,17,22)(H,18,21)(H,23,24). The molecule has 138 valence electrons. The summed E-state index contributed by atoms with van der Waals surface area (Å²) in [6, 6.07) is -2.30. The zero-order valence-electron chi connectivity index (χ0n) is 14.5. The van der Waals surface area contributed by atoms with Crippen molar-refractivity contribution in [1.82, 2.24) is 15.5 Å². The Morgan fingerprint density at radius 2 is 1.71 bits per heavy atom. The molecular weight excluding hydrogens is 316 g/mol. The second kappa shape index (κ2) is 11.4. The van der Waals surface area contributed by atoms with E-state index in [1.54, 1.807) is 0 Å². The smallest absolute Gasteiger partial charge is 0.325 e. The number of nitrogens with one attached hydrogen (secondary N) is 2. The van der Waals surface area contributed by atoms with Gasteiger partial charge in [-0.15, -0.1) is 0 Å². The molecule has 9 heteroatoms. The van der Waals surface area contributed by atoms with Gasteiger partial charge in [-0.05, 0) is 40.4 Å². The number of hydrogen-bond donors (Lipinski definition) is 4. The van der Waals surface area contributed by atoms with E-state index in [2.05, 4.69) is 15.5 Å². The van der Waals surface area contributed by atoms with Crippen LogP contribution < -0.4 is 16.4 Å². The molecule has 0 aromatic rings. The summed E-state index contributed by atoms with van der Waals surface area (Å²) in [6.45, 7) is 2.22. The van der Waals surface area contributed by atoms with Gasteiger partial charge in [-0.3, -0.25) is 19.2 Å². The molecule has 0 heterocycles. The fourth-order valence-corrected chi connectivity index (χ4v) is 1.94. The third kappa shape index (κ3) is 10.5. The van der Waals surface area contributed by atoms with Crippen LogP contribution >= 0.6 is 0 Å². The summed E-state index contributed by atoms with van der Waals surface area (Å²) in [5.74, 6) is -3.09. The van der Waals surface area contributed by atoms with Gasteiger partial charge in [0, 0.05) is 6.42 Å². The highest BCUT2D eigenvalue weighted by atomic mass is 16.4. The summed E-state index contributed by atoms with van der Waals surface area (Å²) in [7, 11) is 3.94. The van der Waals surface area contributed by atoms with Gasteiger partial charge in [-0.2, -0.15) is 0 Å². The van der Waals surface area contributed by atoms with Crippen molar-refractivity contribution in [2.24, 2.45) is 5.73 Å². The van der Waals surface area contributed by atoms with Gasteiger partial charge in [0.1, 0.15) is 12.1 Å². The number of carbonyl (C=O) groups is 4. The molecule has 0 spiro atoms. The van der Waals surface area contributed by atoms with Gasteiger partial charge in [-0.25, -0.2) is 0 Å². The Hall–Kier alpha value is -2.16. The number of unbranched alkanes of at least 4 members (excludes halogenated alkanes) is 2. The average Bonchev–Trinajstić information content (AvgIpc) is 2.45. The predicted octanol–water partition coefficient (Wildman–Crippen LogP) is -0.942. The predicted molar refractivity (Wildman–Crippen MR) is 88.0 cm³/mol.